The Balaban J connectivity index is 2.60. The Labute approximate surface area is 107 Å². The molecule has 0 aliphatic rings. The molecule has 0 aliphatic carbocycles. The number of nitrogens with one attached hydrogen (secondary N) is 1. The van der Waals surface area contributed by atoms with Crippen molar-refractivity contribution >= 4 is 17.5 Å². The summed E-state index contributed by atoms with van der Waals surface area (Å²) in [6.45, 7) is -0.882. The average molecular weight is 282 g/mol. The normalized spacial score (nSPS) is 13.2. The topological polar surface area (TPSA) is 49.3 Å². The Morgan fingerprint density at radius 1 is 1.44 bits per heavy atom. The van der Waals surface area contributed by atoms with Gasteiger partial charge in [0.15, 0.2) is 6.10 Å². The molecule has 0 fully saturated rings. The number of aliphatic hydroxyl groups is 1. The van der Waals surface area contributed by atoms with Crippen LogP contribution in [0.1, 0.15) is 15.9 Å². The quantitative estimate of drug-likeness (QED) is 0.830. The summed E-state index contributed by atoms with van der Waals surface area (Å²) in [4.78, 5) is 11.5. The van der Waals surface area contributed by atoms with E-state index in [4.69, 9.17) is 16.7 Å². The van der Waals surface area contributed by atoms with Crippen LogP contribution < -0.4 is 5.32 Å². The number of aliphatic hydroxyl groups excluding tert-OH is 1. The lowest BCUT2D eigenvalue weighted by molar-refractivity contribution is -0.201. The van der Waals surface area contributed by atoms with Crippen molar-refractivity contribution in [3.63, 3.8) is 0 Å². The number of amides is 1. The molecule has 18 heavy (non-hydrogen) atoms. The lowest BCUT2D eigenvalue weighted by Gasteiger charge is -2.15. The monoisotopic (exact) mass is 281 g/mol. The van der Waals surface area contributed by atoms with Crippen molar-refractivity contribution in [2.24, 2.45) is 0 Å². The molecule has 1 atom stereocenters. The fourth-order valence-corrected chi connectivity index (χ4v) is 1.37. The highest BCUT2D eigenvalue weighted by Gasteiger charge is 2.38. The Kier molecular flexibility index (Phi) is 4.98. The van der Waals surface area contributed by atoms with Crippen molar-refractivity contribution in [2.75, 3.05) is 6.54 Å². The Morgan fingerprint density at radius 2 is 2.11 bits per heavy atom. The van der Waals surface area contributed by atoms with Gasteiger partial charge in [0.25, 0.3) is 5.91 Å². The zero-order chi connectivity index (χ0) is 13.8. The van der Waals surface area contributed by atoms with Crippen LogP contribution in [0.15, 0.2) is 24.3 Å². The summed E-state index contributed by atoms with van der Waals surface area (Å²) in [5, 5.41) is 10.7. The second kappa shape index (κ2) is 6.06. The van der Waals surface area contributed by atoms with Gasteiger partial charge in [0.1, 0.15) is 0 Å². The largest absolute Gasteiger partial charge is 0.416 e. The second-order valence-electron chi connectivity index (χ2n) is 3.60. The molecule has 1 unspecified atom stereocenters. The SMILES string of the molecule is O=C(NCC(O)C(F)(F)F)c1cccc(CCl)c1. The van der Waals surface area contributed by atoms with E-state index in [2.05, 4.69) is 0 Å². The van der Waals surface area contributed by atoms with Crippen molar-refractivity contribution in [1.82, 2.24) is 5.32 Å². The van der Waals surface area contributed by atoms with Gasteiger partial charge in [0, 0.05) is 11.4 Å². The van der Waals surface area contributed by atoms with E-state index in [1.54, 1.807) is 12.1 Å². The van der Waals surface area contributed by atoms with Gasteiger partial charge in [-0.25, -0.2) is 0 Å². The van der Waals surface area contributed by atoms with Crippen LogP contribution in [0.25, 0.3) is 0 Å². The molecule has 7 heteroatoms. The van der Waals surface area contributed by atoms with Gasteiger partial charge >= 0.3 is 6.18 Å². The van der Waals surface area contributed by atoms with E-state index in [-0.39, 0.29) is 11.4 Å². The van der Waals surface area contributed by atoms with Gasteiger partial charge in [-0.05, 0) is 17.7 Å². The highest BCUT2D eigenvalue weighted by atomic mass is 35.5. The van der Waals surface area contributed by atoms with Crippen LogP contribution in [0.2, 0.25) is 0 Å². The molecule has 1 aromatic carbocycles. The lowest BCUT2D eigenvalue weighted by Crippen LogP contribution is -2.40. The number of hydrogen-bond acceptors (Lipinski definition) is 2. The van der Waals surface area contributed by atoms with Gasteiger partial charge in [-0.3, -0.25) is 4.79 Å². The van der Waals surface area contributed by atoms with E-state index < -0.39 is 24.7 Å². The fourth-order valence-electron chi connectivity index (χ4n) is 1.20. The van der Waals surface area contributed by atoms with Crippen molar-refractivity contribution in [3.8, 4) is 0 Å². The van der Waals surface area contributed by atoms with Gasteiger partial charge in [-0.2, -0.15) is 13.2 Å². The third-order valence-corrected chi connectivity index (χ3v) is 2.49. The molecule has 1 amide bonds. The molecule has 0 bridgehead atoms. The first-order chi connectivity index (χ1) is 8.34. The van der Waals surface area contributed by atoms with E-state index in [9.17, 15) is 18.0 Å². The summed E-state index contributed by atoms with van der Waals surface area (Å²) < 4.78 is 36.0. The first kappa shape index (κ1) is 14.8. The van der Waals surface area contributed by atoms with E-state index in [0.717, 1.165) is 0 Å². The first-order valence-corrected chi connectivity index (χ1v) is 5.56. The number of alkyl halides is 4. The minimum absolute atomic E-state index is 0.197. The molecule has 0 saturated carbocycles. The maximum atomic E-state index is 12.0. The van der Waals surface area contributed by atoms with Crippen LogP contribution in [-0.2, 0) is 5.88 Å². The number of carbonyl (C=O) groups excluding carboxylic acids is 1. The van der Waals surface area contributed by atoms with Crippen LogP contribution in [0.3, 0.4) is 0 Å². The highest BCUT2D eigenvalue weighted by Crippen LogP contribution is 2.19. The molecule has 100 valence electrons. The van der Waals surface area contributed by atoms with Crippen molar-refractivity contribution in [2.45, 2.75) is 18.2 Å². The van der Waals surface area contributed by atoms with Crippen LogP contribution >= 0.6 is 11.6 Å². The minimum Gasteiger partial charge on any atom is -0.382 e. The maximum absolute atomic E-state index is 12.0. The van der Waals surface area contributed by atoms with Gasteiger partial charge < -0.3 is 10.4 Å². The van der Waals surface area contributed by atoms with Crippen molar-refractivity contribution in [3.05, 3.63) is 35.4 Å². The fraction of sp³-hybridized carbons (Fsp3) is 0.364. The second-order valence-corrected chi connectivity index (χ2v) is 3.87. The zero-order valence-corrected chi connectivity index (χ0v) is 9.92. The van der Waals surface area contributed by atoms with E-state index >= 15 is 0 Å². The third-order valence-electron chi connectivity index (χ3n) is 2.18. The van der Waals surface area contributed by atoms with Crippen LogP contribution in [0.5, 0.6) is 0 Å². The molecular weight excluding hydrogens is 271 g/mol. The average Bonchev–Trinajstić information content (AvgIpc) is 2.34. The summed E-state index contributed by atoms with van der Waals surface area (Å²) in [6, 6.07) is 6.19. The smallest absolute Gasteiger partial charge is 0.382 e. The Bertz CT molecular complexity index is 423. The number of hydrogen-bond donors (Lipinski definition) is 2. The van der Waals surface area contributed by atoms with Crippen LogP contribution in [-0.4, -0.2) is 29.8 Å². The molecular formula is C11H11ClF3NO2. The molecule has 3 nitrogen and oxygen atoms in total. The summed E-state index contributed by atoms with van der Waals surface area (Å²) in [7, 11) is 0. The number of benzene rings is 1. The van der Waals surface area contributed by atoms with Crippen LogP contribution in [0, 0.1) is 0 Å². The minimum atomic E-state index is -4.74. The molecule has 0 radical (unpaired) electrons. The zero-order valence-electron chi connectivity index (χ0n) is 9.17. The molecule has 0 spiro atoms. The number of rotatable bonds is 4. The standard InChI is InChI=1S/C11H11ClF3NO2/c12-5-7-2-1-3-8(4-7)10(18)16-6-9(17)11(13,14)15/h1-4,9,17H,5-6H2,(H,16,18). The molecule has 0 aromatic heterocycles. The van der Waals surface area contributed by atoms with Gasteiger partial charge in [-0.15, -0.1) is 11.6 Å². The van der Waals surface area contributed by atoms with E-state index in [1.807, 2.05) is 5.32 Å². The van der Waals surface area contributed by atoms with Gasteiger partial charge in [0.2, 0.25) is 0 Å². The van der Waals surface area contributed by atoms with E-state index in [0.29, 0.717) is 5.56 Å². The predicted octanol–water partition coefficient (Wildman–Crippen LogP) is 2.08. The van der Waals surface area contributed by atoms with Gasteiger partial charge in [0.05, 0.1) is 6.54 Å². The first-order valence-electron chi connectivity index (χ1n) is 5.02. The molecule has 1 rings (SSSR count). The molecule has 0 saturated heterocycles. The lowest BCUT2D eigenvalue weighted by atomic mass is 10.1. The molecule has 2 N–H and O–H groups in total. The summed E-state index contributed by atoms with van der Waals surface area (Å²) in [6.07, 6.45) is -7.32. The number of halogens is 4. The third kappa shape index (κ3) is 4.19. The summed E-state index contributed by atoms with van der Waals surface area (Å²) in [5.74, 6) is -0.489. The maximum Gasteiger partial charge on any atom is 0.416 e. The molecule has 0 heterocycles. The Morgan fingerprint density at radius 3 is 2.67 bits per heavy atom. The van der Waals surface area contributed by atoms with Crippen LogP contribution in [0.4, 0.5) is 13.2 Å². The predicted molar refractivity (Wildman–Crippen MR) is 60.4 cm³/mol. The van der Waals surface area contributed by atoms with Crippen molar-refractivity contribution < 1.29 is 23.1 Å². The summed E-state index contributed by atoms with van der Waals surface area (Å²) >= 11 is 5.57. The van der Waals surface area contributed by atoms with Gasteiger partial charge in [-0.1, -0.05) is 12.1 Å². The van der Waals surface area contributed by atoms with Crippen molar-refractivity contribution in [1.29, 1.82) is 0 Å². The molecule has 0 aliphatic heterocycles. The summed E-state index contributed by atoms with van der Waals surface area (Å²) in [5.41, 5.74) is 0.878. The Hall–Kier alpha value is -1.27. The number of carbonyl (C=O) groups is 1. The van der Waals surface area contributed by atoms with E-state index in [1.165, 1.54) is 12.1 Å². The highest BCUT2D eigenvalue weighted by molar-refractivity contribution is 6.17. The molecule has 1 aromatic rings.